The van der Waals surface area contributed by atoms with E-state index < -0.39 is 0 Å². The number of para-hydroxylation sites is 3. The number of imidazole rings is 1. The van der Waals surface area contributed by atoms with Crippen LogP contribution in [0, 0.1) is 6.92 Å². The van der Waals surface area contributed by atoms with E-state index in [0.29, 0.717) is 12.2 Å². The Morgan fingerprint density at radius 3 is 2.69 bits per heavy atom. The molecule has 2 aromatic heterocycles. The first-order chi connectivity index (χ1) is 15.6. The zero-order valence-electron chi connectivity index (χ0n) is 18.5. The van der Waals surface area contributed by atoms with Gasteiger partial charge in [-0.25, -0.2) is 4.98 Å². The van der Waals surface area contributed by atoms with Crippen molar-refractivity contribution < 1.29 is 9.53 Å². The van der Waals surface area contributed by atoms with Gasteiger partial charge in [0.2, 0.25) is 0 Å². The number of carbonyl (C=O) groups excluding carboxylic acids is 1. The number of hydrogen-bond donors (Lipinski definition) is 1. The van der Waals surface area contributed by atoms with E-state index in [1.807, 2.05) is 43.3 Å². The lowest BCUT2D eigenvalue weighted by Gasteiger charge is -2.16. The lowest BCUT2D eigenvalue weighted by Crippen LogP contribution is -2.28. The van der Waals surface area contributed by atoms with E-state index in [2.05, 4.69) is 33.9 Å². The summed E-state index contributed by atoms with van der Waals surface area (Å²) in [7, 11) is 0. The zero-order valence-corrected chi connectivity index (χ0v) is 18.5. The molecule has 0 saturated heterocycles. The lowest BCUT2D eigenvalue weighted by atomic mass is 10.2. The number of pyridine rings is 1. The van der Waals surface area contributed by atoms with E-state index in [0.717, 1.165) is 47.6 Å². The first kappa shape index (κ1) is 21.6. The Bertz CT molecular complexity index is 1190. The topological polar surface area (TPSA) is 69.0 Å². The number of unbranched alkanes of at least 4 members (excludes halogenated alkanes) is 1. The van der Waals surface area contributed by atoms with Gasteiger partial charge in [-0.1, -0.05) is 30.3 Å². The molecule has 2 aromatic carbocycles. The van der Waals surface area contributed by atoms with Crippen LogP contribution in [0.15, 0.2) is 73.1 Å². The molecule has 0 bridgehead atoms. The van der Waals surface area contributed by atoms with Gasteiger partial charge in [0, 0.05) is 18.9 Å². The van der Waals surface area contributed by atoms with Gasteiger partial charge >= 0.3 is 0 Å². The number of nitrogens with zero attached hydrogens (tertiary/aromatic N) is 3. The molecule has 0 aliphatic carbocycles. The van der Waals surface area contributed by atoms with Crippen LogP contribution in [0.5, 0.6) is 5.75 Å². The number of rotatable bonds is 9. The van der Waals surface area contributed by atoms with E-state index in [-0.39, 0.29) is 11.9 Å². The van der Waals surface area contributed by atoms with Crippen molar-refractivity contribution in [3.05, 3.63) is 90.0 Å². The second-order valence-corrected chi connectivity index (χ2v) is 7.87. The molecular formula is C26H28N4O2. The zero-order chi connectivity index (χ0) is 22.3. The quantitative estimate of drug-likeness (QED) is 0.377. The molecule has 1 amide bonds. The Morgan fingerprint density at radius 2 is 1.88 bits per heavy atom. The maximum absolute atomic E-state index is 12.6. The largest absolute Gasteiger partial charge is 0.493 e. The van der Waals surface area contributed by atoms with E-state index in [1.54, 1.807) is 24.5 Å². The first-order valence-electron chi connectivity index (χ1n) is 11.0. The lowest BCUT2D eigenvalue weighted by molar-refractivity contribution is 0.0937. The highest BCUT2D eigenvalue weighted by atomic mass is 16.5. The van der Waals surface area contributed by atoms with Crippen molar-refractivity contribution in [1.82, 2.24) is 19.9 Å². The van der Waals surface area contributed by atoms with Crippen LogP contribution in [0.25, 0.3) is 11.0 Å². The number of aryl methyl sites for hydroxylation is 2. The van der Waals surface area contributed by atoms with Crippen LogP contribution in [-0.4, -0.2) is 27.0 Å². The summed E-state index contributed by atoms with van der Waals surface area (Å²) >= 11 is 0. The molecule has 2 heterocycles. The molecule has 0 radical (unpaired) electrons. The highest BCUT2D eigenvalue weighted by molar-refractivity contribution is 5.94. The van der Waals surface area contributed by atoms with Crippen molar-refractivity contribution in [3.8, 4) is 5.75 Å². The van der Waals surface area contributed by atoms with Crippen LogP contribution in [0.4, 0.5) is 0 Å². The molecule has 0 spiro atoms. The number of nitrogens with one attached hydrogen (secondary N) is 1. The van der Waals surface area contributed by atoms with Crippen molar-refractivity contribution in [1.29, 1.82) is 0 Å². The molecule has 1 unspecified atom stereocenters. The summed E-state index contributed by atoms with van der Waals surface area (Å²) in [4.78, 5) is 21.5. The second kappa shape index (κ2) is 10.1. The smallest absolute Gasteiger partial charge is 0.253 e. The molecule has 164 valence electrons. The van der Waals surface area contributed by atoms with E-state index in [9.17, 15) is 4.79 Å². The van der Waals surface area contributed by atoms with Crippen molar-refractivity contribution in [3.63, 3.8) is 0 Å². The van der Waals surface area contributed by atoms with Gasteiger partial charge in [-0.3, -0.25) is 9.78 Å². The van der Waals surface area contributed by atoms with Gasteiger partial charge in [0.25, 0.3) is 5.91 Å². The summed E-state index contributed by atoms with van der Waals surface area (Å²) in [6.45, 7) is 5.49. The molecule has 1 N–H and O–H groups in total. The van der Waals surface area contributed by atoms with Crippen molar-refractivity contribution in [2.75, 3.05) is 6.61 Å². The molecule has 6 heteroatoms. The highest BCUT2D eigenvalue weighted by Crippen LogP contribution is 2.22. The fourth-order valence-corrected chi connectivity index (χ4v) is 3.77. The fraction of sp³-hybridized carbons (Fsp3) is 0.269. The Kier molecular flexibility index (Phi) is 6.80. The van der Waals surface area contributed by atoms with Gasteiger partial charge in [0.15, 0.2) is 0 Å². The highest BCUT2D eigenvalue weighted by Gasteiger charge is 2.19. The van der Waals surface area contributed by atoms with Gasteiger partial charge in [-0.2, -0.15) is 0 Å². The molecule has 0 saturated carbocycles. The minimum Gasteiger partial charge on any atom is -0.493 e. The monoisotopic (exact) mass is 428 g/mol. The summed E-state index contributed by atoms with van der Waals surface area (Å²) in [6, 6.07) is 19.4. The SMILES string of the molecule is Cc1ccccc1OCCCCn1c(C(C)NC(=O)c2cccnc2)nc2ccccc21. The van der Waals surface area contributed by atoms with Gasteiger partial charge in [-0.15, -0.1) is 0 Å². The number of benzene rings is 2. The predicted molar refractivity (Wildman–Crippen MR) is 126 cm³/mol. The normalized spacial score (nSPS) is 11.9. The van der Waals surface area contributed by atoms with Crippen LogP contribution in [0.2, 0.25) is 0 Å². The molecule has 6 nitrogen and oxygen atoms in total. The van der Waals surface area contributed by atoms with E-state index in [4.69, 9.17) is 9.72 Å². The van der Waals surface area contributed by atoms with Crippen LogP contribution >= 0.6 is 0 Å². The maximum Gasteiger partial charge on any atom is 0.253 e. The summed E-state index contributed by atoms with van der Waals surface area (Å²) in [5.74, 6) is 1.63. The van der Waals surface area contributed by atoms with Crippen molar-refractivity contribution in [2.24, 2.45) is 0 Å². The number of amides is 1. The average molecular weight is 429 g/mol. The first-order valence-corrected chi connectivity index (χ1v) is 11.0. The minimum atomic E-state index is -0.238. The number of fused-ring (bicyclic) bond motifs is 1. The summed E-state index contributed by atoms with van der Waals surface area (Å²) in [6.07, 6.45) is 5.10. The van der Waals surface area contributed by atoms with Gasteiger partial charge in [-0.05, 0) is 62.6 Å². The summed E-state index contributed by atoms with van der Waals surface area (Å²) < 4.78 is 8.14. The molecular weight excluding hydrogens is 400 g/mol. The minimum absolute atomic E-state index is 0.157. The second-order valence-electron chi connectivity index (χ2n) is 7.87. The summed E-state index contributed by atoms with van der Waals surface area (Å²) in [5, 5.41) is 3.06. The van der Waals surface area contributed by atoms with Gasteiger partial charge < -0.3 is 14.6 Å². The number of aromatic nitrogens is 3. The molecule has 4 aromatic rings. The summed E-state index contributed by atoms with van der Waals surface area (Å²) in [5.41, 5.74) is 3.69. The van der Waals surface area contributed by atoms with Crippen LogP contribution in [0.3, 0.4) is 0 Å². The number of carbonyl (C=O) groups is 1. The van der Waals surface area contributed by atoms with Crippen LogP contribution < -0.4 is 10.1 Å². The standard InChI is InChI=1S/C26H28N4O2/c1-19-10-3-6-14-24(19)32-17-8-7-16-30-23-13-5-4-12-22(23)29-25(30)20(2)28-26(31)21-11-9-15-27-18-21/h3-6,9-15,18,20H,7-8,16-17H2,1-2H3,(H,28,31). The van der Waals surface area contributed by atoms with Crippen molar-refractivity contribution >= 4 is 16.9 Å². The maximum atomic E-state index is 12.6. The Labute approximate surface area is 188 Å². The molecule has 0 aliphatic rings. The third-order valence-electron chi connectivity index (χ3n) is 5.47. The van der Waals surface area contributed by atoms with Gasteiger partial charge in [0.1, 0.15) is 11.6 Å². The molecule has 1 atom stereocenters. The number of ether oxygens (including phenoxy) is 1. The Hall–Kier alpha value is -3.67. The average Bonchev–Trinajstić information content (AvgIpc) is 3.19. The third-order valence-corrected chi connectivity index (χ3v) is 5.47. The van der Waals surface area contributed by atoms with E-state index >= 15 is 0 Å². The van der Waals surface area contributed by atoms with Crippen molar-refractivity contribution in [2.45, 2.75) is 39.3 Å². The van der Waals surface area contributed by atoms with Crippen LogP contribution in [0.1, 0.15) is 47.6 Å². The Morgan fingerprint density at radius 1 is 1.06 bits per heavy atom. The van der Waals surface area contributed by atoms with Crippen LogP contribution in [-0.2, 0) is 6.54 Å². The predicted octanol–water partition coefficient (Wildman–Crippen LogP) is 5.09. The van der Waals surface area contributed by atoms with E-state index in [1.165, 1.54) is 0 Å². The molecule has 32 heavy (non-hydrogen) atoms. The fourth-order valence-electron chi connectivity index (χ4n) is 3.77. The van der Waals surface area contributed by atoms with Gasteiger partial charge in [0.05, 0.1) is 29.2 Å². The third kappa shape index (κ3) is 4.97. The molecule has 4 rings (SSSR count). The Balaban J connectivity index is 1.43. The number of hydrogen-bond acceptors (Lipinski definition) is 4. The molecule has 0 fully saturated rings. The molecule has 0 aliphatic heterocycles.